The van der Waals surface area contributed by atoms with Crippen molar-refractivity contribution in [1.82, 2.24) is 24.9 Å². The van der Waals surface area contributed by atoms with Crippen LogP contribution >= 0.6 is 0 Å². The van der Waals surface area contributed by atoms with Gasteiger partial charge in [0.15, 0.2) is 17.5 Å². The highest BCUT2D eigenvalue weighted by molar-refractivity contribution is 6.06. The number of pyridine rings is 2. The minimum Gasteiger partial charge on any atom is -0.438 e. The topological polar surface area (TPSA) is 77.6 Å². The van der Waals surface area contributed by atoms with Gasteiger partial charge in [0.05, 0.1) is 11.4 Å². The Balaban J connectivity index is 1.11. The minimum absolute atomic E-state index is 0.615. The highest BCUT2D eigenvalue weighted by Gasteiger charge is 2.15. The smallest absolute Gasteiger partial charge is 0.227 e. The van der Waals surface area contributed by atoms with Crippen LogP contribution in [0.5, 0.6) is 0 Å². The van der Waals surface area contributed by atoms with Crippen LogP contribution in [0.15, 0.2) is 156 Å². The second-order valence-corrected chi connectivity index (χ2v) is 11.3. The van der Waals surface area contributed by atoms with Crippen LogP contribution < -0.4 is 0 Å². The average Bonchev–Trinajstić information content (AvgIpc) is 3.53. The molecule has 4 aromatic heterocycles. The number of furan rings is 1. The fraction of sp³-hybridized carbons (Fsp3) is 0. The molecule has 220 valence electrons. The van der Waals surface area contributed by atoms with Gasteiger partial charge in [-0.15, -0.1) is 0 Å². The molecule has 0 unspecified atom stereocenters. The van der Waals surface area contributed by atoms with Gasteiger partial charge in [-0.2, -0.15) is 0 Å². The summed E-state index contributed by atoms with van der Waals surface area (Å²) in [7, 11) is 0. The van der Waals surface area contributed by atoms with Crippen molar-refractivity contribution < 1.29 is 4.42 Å². The summed E-state index contributed by atoms with van der Waals surface area (Å²) in [5.41, 5.74) is 8.02. The van der Waals surface area contributed by atoms with Gasteiger partial charge in [-0.3, -0.25) is 4.98 Å². The van der Waals surface area contributed by atoms with Crippen LogP contribution in [0.2, 0.25) is 0 Å². The molecule has 4 heterocycles. The average molecular weight is 604 g/mol. The Morgan fingerprint density at radius 3 is 1.68 bits per heavy atom. The lowest BCUT2D eigenvalue weighted by molar-refractivity contribution is 0.654. The molecule has 0 N–H and O–H groups in total. The maximum atomic E-state index is 6.09. The van der Waals surface area contributed by atoms with E-state index in [1.165, 1.54) is 0 Å². The number of benzene rings is 5. The van der Waals surface area contributed by atoms with Crippen molar-refractivity contribution in [1.29, 1.82) is 0 Å². The zero-order valence-corrected chi connectivity index (χ0v) is 25.1. The van der Waals surface area contributed by atoms with E-state index < -0.39 is 0 Å². The highest BCUT2D eigenvalue weighted by Crippen LogP contribution is 2.36. The van der Waals surface area contributed by atoms with Crippen molar-refractivity contribution in [2.24, 2.45) is 0 Å². The summed E-state index contributed by atoms with van der Waals surface area (Å²) in [6, 6.07) is 48.8. The number of hydrogen-bond acceptors (Lipinski definition) is 6. The molecule has 0 radical (unpaired) electrons. The maximum Gasteiger partial charge on any atom is 0.227 e. The van der Waals surface area contributed by atoms with Crippen molar-refractivity contribution in [3.8, 4) is 56.7 Å². The summed E-state index contributed by atoms with van der Waals surface area (Å²) in [6.07, 6.45) is 1.86. The molecular weight excluding hydrogens is 578 g/mol. The lowest BCUT2D eigenvalue weighted by atomic mass is 9.98. The molecule has 6 heteroatoms. The van der Waals surface area contributed by atoms with Crippen LogP contribution in [-0.4, -0.2) is 24.9 Å². The van der Waals surface area contributed by atoms with Crippen LogP contribution in [0.4, 0.5) is 0 Å². The van der Waals surface area contributed by atoms with Crippen molar-refractivity contribution >= 4 is 32.8 Å². The van der Waals surface area contributed by atoms with Crippen molar-refractivity contribution in [3.05, 3.63) is 152 Å². The zero-order valence-electron chi connectivity index (χ0n) is 25.1. The third-order valence-corrected chi connectivity index (χ3v) is 8.44. The Hall–Kier alpha value is -6.53. The first-order valence-corrected chi connectivity index (χ1v) is 15.4. The van der Waals surface area contributed by atoms with Crippen molar-refractivity contribution in [2.45, 2.75) is 0 Å². The number of aromatic nitrogens is 5. The fourth-order valence-electron chi connectivity index (χ4n) is 6.13. The summed E-state index contributed by atoms with van der Waals surface area (Å²) in [5, 5.41) is 4.19. The van der Waals surface area contributed by atoms with Gasteiger partial charge >= 0.3 is 0 Å². The van der Waals surface area contributed by atoms with Crippen LogP contribution in [-0.2, 0) is 0 Å². The molecule has 47 heavy (non-hydrogen) atoms. The van der Waals surface area contributed by atoms with Gasteiger partial charge in [-0.05, 0) is 29.7 Å². The molecule has 0 fully saturated rings. The second kappa shape index (κ2) is 11.1. The van der Waals surface area contributed by atoms with Gasteiger partial charge in [0.2, 0.25) is 5.71 Å². The molecule has 5 aromatic carbocycles. The van der Waals surface area contributed by atoms with E-state index in [0.29, 0.717) is 23.2 Å². The number of hydrogen-bond donors (Lipinski definition) is 0. The van der Waals surface area contributed by atoms with Crippen LogP contribution in [0.3, 0.4) is 0 Å². The number of rotatable bonds is 5. The summed E-state index contributed by atoms with van der Waals surface area (Å²) < 4.78 is 6.09. The van der Waals surface area contributed by atoms with E-state index in [1.807, 2.05) is 91.1 Å². The number of fused-ring (bicyclic) bond motifs is 4. The minimum atomic E-state index is 0.615. The predicted molar refractivity (Wildman–Crippen MR) is 187 cm³/mol. The molecule has 0 aliphatic carbocycles. The molecule has 9 aromatic rings. The molecule has 0 aliphatic rings. The summed E-state index contributed by atoms with van der Waals surface area (Å²) in [5.74, 6) is 1.89. The summed E-state index contributed by atoms with van der Waals surface area (Å²) in [6.45, 7) is 0. The third-order valence-electron chi connectivity index (χ3n) is 8.44. The molecule has 0 saturated carbocycles. The maximum absolute atomic E-state index is 6.09. The SMILES string of the molecule is c1ccc(-c2nc(-c3ccccc3)nc(-c3ccc(-c4nccc5c(-c6ccc7c(n6)oc6ccccc67)cccc45)cc3)n2)cc1. The first-order chi connectivity index (χ1) is 23.3. The third kappa shape index (κ3) is 4.80. The Kier molecular flexibility index (Phi) is 6.35. The van der Waals surface area contributed by atoms with E-state index in [1.54, 1.807) is 0 Å². The molecule has 0 amide bonds. The molecule has 9 rings (SSSR count). The predicted octanol–water partition coefficient (Wildman–Crippen LogP) is 10.0. The Morgan fingerprint density at radius 2 is 0.979 bits per heavy atom. The second-order valence-electron chi connectivity index (χ2n) is 11.3. The fourth-order valence-corrected chi connectivity index (χ4v) is 6.13. The van der Waals surface area contributed by atoms with Gasteiger partial charge in [0.1, 0.15) is 5.58 Å². The van der Waals surface area contributed by atoms with Crippen molar-refractivity contribution in [3.63, 3.8) is 0 Å². The first-order valence-electron chi connectivity index (χ1n) is 15.4. The van der Waals surface area contributed by atoms with Crippen LogP contribution in [0, 0.1) is 0 Å². The van der Waals surface area contributed by atoms with Gasteiger partial charge in [-0.25, -0.2) is 19.9 Å². The molecule has 6 nitrogen and oxygen atoms in total. The lowest BCUT2D eigenvalue weighted by Gasteiger charge is -2.11. The molecular formula is C41H25N5O. The monoisotopic (exact) mass is 603 g/mol. The van der Waals surface area contributed by atoms with E-state index in [-0.39, 0.29) is 0 Å². The number of para-hydroxylation sites is 1. The van der Waals surface area contributed by atoms with E-state index in [0.717, 1.165) is 66.3 Å². The Bertz CT molecular complexity index is 2500. The number of nitrogens with zero attached hydrogens (tertiary/aromatic N) is 5. The molecule has 0 atom stereocenters. The quantitative estimate of drug-likeness (QED) is 0.195. The Labute approximate surface area is 270 Å². The van der Waals surface area contributed by atoms with E-state index in [2.05, 4.69) is 60.7 Å². The van der Waals surface area contributed by atoms with E-state index >= 15 is 0 Å². The normalized spacial score (nSPS) is 11.4. The zero-order chi connectivity index (χ0) is 31.2. The molecule has 0 bridgehead atoms. The van der Waals surface area contributed by atoms with Gasteiger partial charge in [0.25, 0.3) is 0 Å². The van der Waals surface area contributed by atoms with Crippen molar-refractivity contribution in [2.75, 3.05) is 0 Å². The summed E-state index contributed by atoms with van der Waals surface area (Å²) >= 11 is 0. The lowest BCUT2D eigenvalue weighted by Crippen LogP contribution is -2.00. The molecule has 0 spiro atoms. The Morgan fingerprint density at radius 1 is 0.383 bits per heavy atom. The molecule has 0 saturated heterocycles. The van der Waals surface area contributed by atoms with Gasteiger partial charge in [0, 0.05) is 50.2 Å². The summed E-state index contributed by atoms with van der Waals surface area (Å²) in [4.78, 5) is 24.3. The van der Waals surface area contributed by atoms with Crippen LogP contribution in [0.25, 0.3) is 89.5 Å². The molecule has 0 aliphatic heterocycles. The highest BCUT2D eigenvalue weighted by atomic mass is 16.3. The van der Waals surface area contributed by atoms with Crippen LogP contribution in [0.1, 0.15) is 0 Å². The van der Waals surface area contributed by atoms with Gasteiger partial charge < -0.3 is 4.42 Å². The van der Waals surface area contributed by atoms with Gasteiger partial charge in [-0.1, -0.05) is 121 Å². The largest absolute Gasteiger partial charge is 0.438 e. The van der Waals surface area contributed by atoms with E-state index in [9.17, 15) is 0 Å². The van der Waals surface area contributed by atoms with E-state index in [4.69, 9.17) is 29.3 Å². The standard InChI is InChI=1S/C41H25N5O/c1-3-10-27(11-4-1)38-44-39(28-12-5-2-6-13-28)46-40(45-38)29-20-18-26(19-21-29)37-33-16-9-15-31(30(33)24-25-42-37)35-23-22-34-32-14-7-8-17-36(32)47-41(34)43-35/h1-25H. The first kappa shape index (κ1) is 26.8.